The molecule has 1 aromatic carbocycles. The van der Waals surface area contributed by atoms with Gasteiger partial charge in [-0.15, -0.1) is 0 Å². The van der Waals surface area contributed by atoms with Crippen LogP contribution in [-0.2, 0) is 4.79 Å². The van der Waals surface area contributed by atoms with Gasteiger partial charge in [-0.1, -0.05) is 12.1 Å². The number of benzene rings is 1. The van der Waals surface area contributed by atoms with Crippen LogP contribution in [0.25, 0.3) is 5.57 Å². The number of carbonyl (C=O) groups is 1. The summed E-state index contributed by atoms with van der Waals surface area (Å²) in [6, 6.07) is 5.57. The van der Waals surface area contributed by atoms with Gasteiger partial charge in [-0.05, 0) is 43.0 Å². The van der Waals surface area contributed by atoms with Crippen LogP contribution in [0, 0.1) is 32.1 Å². The monoisotopic (exact) mass is 255 g/mol. The molecule has 1 aromatic rings. The van der Waals surface area contributed by atoms with E-state index in [4.69, 9.17) is 10.4 Å². The Morgan fingerprint density at radius 3 is 2.12 bits per heavy atom. The number of carboxylic acid groups (broad SMARTS) is 1. The average molecular weight is 255 g/mol. The van der Waals surface area contributed by atoms with Crippen molar-refractivity contribution >= 4 is 62.9 Å². The van der Waals surface area contributed by atoms with E-state index in [1.54, 1.807) is 0 Å². The van der Waals surface area contributed by atoms with Crippen molar-refractivity contribution in [3.8, 4) is 6.07 Å². The summed E-state index contributed by atoms with van der Waals surface area (Å²) in [5.41, 5.74) is 4.11. The maximum atomic E-state index is 10.6. The van der Waals surface area contributed by atoms with Gasteiger partial charge in [0.05, 0.1) is 5.57 Å². The first-order chi connectivity index (χ1) is 7.45. The Balaban J connectivity index is 0.00000256. The van der Waals surface area contributed by atoms with E-state index in [-0.39, 0.29) is 57.0 Å². The summed E-state index contributed by atoms with van der Waals surface area (Å²) in [5.74, 6) is -1.10. The van der Waals surface area contributed by atoms with Gasteiger partial charge in [0.15, 0.2) is 0 Å². The zero-order valence-electron chi connectivity index (χ0n) is 9.53. The zero-order chi connectivity index (χ0) is 12.3. The third-order valence-corrected chi connectivity index (χ3v) is 2.63. The van der Waals surface area contributed by atoms with Crippen LogP contribution in [0.5, 0.6) is 0 Å². The summed E-state index contributed by atoms with van der Waals surface area (Å²) in [7, 11) is 0. The third-order valence-electron chi connectivity index (χ3n) is 2.63. The molecule has 17 heavy (non-hydrogen) atoms. The Morgan fingerprint density at radius 2 is 1.76 bits per heavy atom. The number of hydrogen-bond donors (Lipinski definition) is 1. The first-order valence-corrected chi connectivity index (χ1v) is 4.88. The Labute approximate surface area is 144 Å². The molecule has 0 saturated carbocycles. The van der Waals surface area contributed by atoms with E-state index in [1.807, 2.05) is 39.0 Å². The molecule has 1 N–H and O–H groups in total. The van der Waals surface area contributed by atoms with Crippen molar-refractivity contribution in [2.45, 2.75) is 20.8 Å². The minimum atomic E-state index is -1.10. The van der Waals surface area contributed by atoms with Gasteiger partial charge in [-0.25, -0.2) is 4.79 Å². The Bertz CT molecular complexity index is 490. The molecule has 0 unspecified atom stereocenters. The van der Waals surface area contributed by atoms with E-state index >= 15 is 0 Å². The number of nitrogens with zero attached hydrogens (tertiary/aromatic N) is 1. The fourth-order valence-corrected chi connectivity index (χ4v) is 1.49. The van der Waals surface area contributed by atoms with Crippen LogP contribution < -0.4 is 0 Å². The van der Waals surface area contributed by atoms with E-state index in [0.29, 0.717) is 5.56 Å². The van der Waals surface area contributed by atoms with Gasteiger partial charge in [-0.3, -0.25) is 0 Å². The van der Waals surface area contributed by atoms with Crippen molar-refractivity contribution in [2.75, 3.05) is 0 Å². The number of rotatable bonds is 2. The molecule has 0 saturated heterocycles. The molecule has 84 valence electrons. The number of aryl methyl sites for hydroxylation is 2. The summed E-state index contributed by atoms with van der Waals surface area (Å²) in [6.45, 7) is 5.89. The summed E-state index contributed by atoms with van der Waals surface area (Å²) in [5, 5.41) is 17.5. The Morgan fingerprint density at radius 1 is 1.29 bits per heavy atom. The fraction of sp³-hybridized carbons (Fsp3) is 0.231. The average Bonchev–Trinajstić information content (AvgIpc) is 2.21. The topological polar surface area (TPSA) is 61.1 Å². The molecule has 0 aliphatic heterocycles. The van der Waals surface area contributed by atoms with E-state index in [1.165, 1.54) is 0 Å². The predicted molar refractivity (Wildman–Crippen MR) is 69.0 cm³/mol. The van der Waals surface area contributed by atoms with Crippen LogP contribution in [0.1, 0.15) is 22.3 Å². The van der Waals surface area contributed by atoms with E-state index in [9.17, 15) is 4.79 Å². The molecular weight excluding hydrogens is 241 g/mol. The van der Waals surface area contributed by atoms with E-state index in [0.717, 1.165) is 22.8 Å². The second-order valence-electron chi connectivity index (χ2n) is 3.74. The minimum absolute atomic E-state index is 0. The summed E-state index contributed by atoms with van der Waals surface area (Å²) in [4.78, 5) is 10.6. The second kappa shape index (κ2) is 7.09. The number of hydrogen-bond acceptors (Lipinski definition) is 2. The second-order valence-corrected chi connectivity index (χ2v) is 3.74. The van der Waals surface area contributed by atoms with Crippen LogP contribution >= 0.6 is 0 Å². The number of carboxylic acids is 1. The Hall–Kier alpha value is -0.444. The number of allylic oxidation sites excluding steroid dienone is 1. The van der Waals surface area contributed by atoms with Crippen molar-refractivity contribution in [2.24, 2.45) is 0 Å². The van der Waals surface area contributed by atoms with E-state index in [2.05, 4.69) is 0 Å². The molecular formula is C13H14KNO2. The zero-order valence-corrected chi connectivity index (χ0v) is 9.53. The van der Waals surface area contributed by atoms with Crippen LogP contribution in [0.2, 0.25) is 0 Å². The van der Waals surface area contributed by atoms with Gasteiger partial charge in [0.1, 0.15) is 6.07 Å². The van der Waals surface area contributed by atoms with Crippen molar-refractivity contribution < 1.29 is 9.90 Å². The number of nitriles is 1. The predicted octanol–water partition coefficient (Wildman–Crippen LogP) is 1.95. The number of aliphatic carboxylic acids is 1. The maximum absolute atomic E-state index is 10.6. The van der Waals surface area contributed by atoms with Gasteiger partial charge >= 0.3 is 57.4 Å². The molecule has 0 heterocycles. The van der Waals surface area contributed by atoms with Crippen molar-refractivity contribution in [1.29, 1.82) is 5.26 Å². The molecule has 0 amide bonds. The normalized spacial score (nSPS) is 10.4. The SMILES string of the molecule is Cc1cc(/C(C#N)=C\C(=O)O)cc(C)c1C.[KH]. The first-order valence-electron chi connectivity index (χ1n) is 4.88. The molecule has 0 aliphatic carbocycles. The van der Waals surface area contributed by atoms with Gasteiger partial charge in [0.2, 0.25) is 0 Å². The van der Waals surface area contributed by atoms with Crippen molar-refractivity contribution in [3.05, 3.63) is 40.5 Å². The Kier molecular flexibility index (Phi) is 6.91. The molecule has 1 rings (SSSR count). The van der Waals surface area contributed by atoms with Crippen molar-refractivity contribution in [1.82, 2.24) is 0 Å². The van der Waals surface area contributed by atoms with E-state index < -0.39 is 5.97 Å². The van der Waals surface area contributed by atoms with Gasteiger partial charge in [0, 0.05) is 6.08 Å². The molecule has 0 radical (unpaired) electrons. The first kappa shape index (κ1) is 16.6. The molecule has 4 heteroatoms. The molecule has 0 bridgehead atoms. The molecule has 0 aromatic heterocycles. The van der Waals surface area contributed by atoms with Gasteiger partial charge < -0.3 is 5.11 Å². The van der Waals surface area contributed by atoms with Crippen LogP contribution in [0.3, 0.4) is 0 Å². The standard InChI is InChI=1S/C13H13NO2.K.H/c1-8-4-11(5-9(2)10(8)3)12(7-14)6-13(15)16;;/h4-6H,1-3H3,(H,15,16);;/b12-6-;;. The third kappa shape index (κ3) is 4.38. The molecule has 0 atom stereocenters. The van der Waals surface area contributed by atoms with Gasteiger partial charge in [-0.2, -0.15) is 5.26 Å². The summed E-state index contributed by atoms with van der Waals surface area (Å²) < 4.78 is 0. The molecule has 0 aliphatic rings. The van der Waals surface area contributed by atoms with Crippen molar-refractivity contribution in [3.63, 3.8) is 0 Å². The molecule has 0 spiro atoms. The fourth-order valence-electron chi connectivity index (χ4n) is 1.49. The van der Waals surface area contributed by atoms with Crippen LogP contribution in [-0.4, -0.2) is 62.5 Å². The molecule has 3 nitrogen and oxygen atoms in total. The van der Waals surface area contributed by atoms with Crippen LogP contribution in [0.4, 0.5) is 0 Å². The molecule has 0 fully saturated rings. The van der Waals surface area contributed by atoms with Gasteiger partial charge in [0.25, 0.3) is 0 Å². The quantitative estimate of drug-likeness (QED) is 0.499. The van der Waals surface area contributed by atoms with Crippen LogP contribution in [0.15, 0.2) is 18.2 Å². The summed E-state index contributed by atoms with van der Waals surface area (Å²) >= 11 is 0. The summed E-state index contributed by atoms with van der Waals surface area (Å²) in [6.07, 6.45) is 0.934.